The predicted octanol–water partition coefficient (Wildman–Crippen LogP) is 3.76. The van der Waals surface area contributed by atoms with E-state index in [0.717, 1.165) is 0 Å². The summed E-state index contributed by atoms with van der Waals surface area (Å²) >= 11 is 0. The zero-order valence-corrected chi connectivity index (χ0v) is 12.8. The van der Waals surface area contributed by atoms with Crippen molar-refractivity contribution in [3.63, 3.8) is 0 Å². The minimum absolute atomic E-state index is 0.232. The first-order valence-electron chi connectivity index (χ1n) is 6.07. The Morgan fingerprint density at radius 1 is 1.06 bits per heavy atom. The van der Waals surface area contributed by atoms with E-state index in [1.54, 1.807) is 34.6 Å². The molecule has 18 heavy (non-hydrogen) atoms. The monoisotopic (exact) mass is 288 g/mol. The number of alkyl halides is 3. The third kappa shape index (κ3) is 5.68. The summed E-state index contributed by atoms with van der Waals surface area (Å²) in [4.78, 5) is 0. The van der Waals surface area contributed by atoms with Crippen molar-refractivity contribution in [2.75, 3.05) is 0 Å². The molecular weight excluding hydrogens is 265 g/mol. The number of rotatable bonds is 8. The Balaban J connectivity index is 5.05. The molecule has 0 spiro atoms. The van der Waals surface area contributed by atoms with Gasteiger partial charge in [0.1, 0.15) is 0 Å². The van der Waals surface area contributed by atoms with E-state index < -0.39 is 21.1 Å². The predicted molar refractivity (Wildman–Crippen MR) is 65.3 cm³/mol. The van der Waals surface area contributed by atoms with Crippen molar-refractivity contribution in [1.82, 2.24) is 0 Å². The summed E-state index contributed by atoms with van der Waals surface area (Å²) in [5.74, 6) is -3.06. The summed E-state index contributed by atoms with van der Waals surface area (Å²) in [5, 5.41) is 0. The lowest BCUT2D eigenvalue weighted by molar-refractivity contribution is -0.188. The van der Waals surface area contributed by atoms with Gasteiger partial charge in [-0.15, -0.1) is 0 Å². The van der Waals surface area contributed by atoms with Gasteiger partial charge in [-0.05, 0) is 34.6 Å². The summed E-state index contributed by atoms with van der Waals surface area (Å²) in [6.45, 7) is 9.27. The molecule has 0 heterocycles. The first-order valence-corrected chi connectivity index (χ1v) is 8.00. The van der Waals surface area contributed by atoms with Crippen LogP contribution in [0.25, 0.3) is 0 Å². The summed E-state index contributed by atoms with van der Waals surface area (Å²) in [6, 6.07) is 0.232. The Morgan fingerprint density at radius 2 is 1.44 bits per heavy atom. The summed E-state index contributed by atoms with van der Waals surface area (Å²) < 4.78 is 54.8. The molecule has 0 aromatic carbocycles. The fourth-order valence-corrected chi connectivity index (χ4v) is 4.14. The summed E-state index contributed by atoms with van der Waals surface area (Å²) in [5.41, 5.74) is 0. The highest BCUT2D eigenvalue weighted by atomic mass is 28.4. The van der Waals surface area contributed by atoms with Crippen molar-refractivity contribution >= 4 is 8.80 Å². The van der Waals surface area contributed by atoms with Crippen molar-refractivity contribution in [3.05, 3.63) is 0 Å². The molecule has 0 N–H and O–H groups in total. The Morgan fingerprint density at radius 3 is 1.67 bits per heavy atom. The Bertz CT molecular complexity index is 238. The molecule has 0 amide bonds. The lowest BCUT2D eigenvalue weighted by Gasteiger charge is -2.36. The zero-order valence-electron chi connectivity index (χ0n) is 11.8. The van der Waals surface area contributed by atoms with E-state index in [2.05, 4.69) is 0 Å². The van der Waals surface area contributed by atoms with E-state index >= 15 is 0 Å². The third-order valence-electron chi connectivity index (χ3n) is 2.01. The summed E-state index contributed by atoms with van der Waals surface area (Å²) in [6.07, 6.45) is -3.82. The van der Waals surface area contributed by atoms with Gasteiger partial charge in [0, 0.05) is 18.3 Å². The van der Waals surface area contributed by atoms with Crippen molar-refractivity contribution in [2.45, 2.75) is 72.1 Å². The molecular formula is C11H23F3O3Si. The molecule has 1 unspecified atom stereocenters. The average Bonchev–Trinajstić information content (AvgIpc) is 2.14. The topological polar surface area (TPSA) is 27.7 Å². The van der Waals surface area contributed by atoms with Crippen LogP contribution >= 0.6 is 0 Å². The number of hydrogen-bond donors (Lipinski definition) is 0. The average molecular weight is 288 g/mol. The molecule has 0 aliphatic rings. The van der Waals surface area contributed by atoms with Crippen molar-refractivity contribution < 1.29 is 26.4 Å². The van der Waals surface area contributed by atoms with Gasteiger partial charge in [-0.3, -0.25) is 0 Å². The SMILES string of the molecule is CC[Si](OC(C)C)(OC(C)C)OC(C)(F)C(F)F. The first kappa shape index (κ1) is 17.9. The Labute approximate surface area is 108 Å². The highest BCUT2D eigenvalue weighted by Crippen LogP contribution is 2.30. The molecule has 0 aliphatic heterocycles. The quantitative estimate of drug-likeness (QED) is 0.636. The van der Waals surface area contributed by atoms with Crippen molar-refractivity contribution in [1.29, 1.82) is 0 Å². The second-order valence-corrected chi connectivity index (χ2v) is 7.51. The van der Waals surface area contributed by atoms with Crippen LogP contribution < -0.4 is 0 Å². The van der Waals surface area contributed by atoms with E-state index in [4.69, 9.17) is 13.3 Å². The van der Waals surface area contributed by atoms with Crippen LogP contribution in [0.4, 0.5) is 13.2 Å². The highest BCUT2D eigenvalue weighted by molar-refractivity contribution is 6.60. The lowest BCUT2D eigenvalue weighted by Crippen LogP contribution is -2.54. The molecule has 7 heteroatoms. The van der Waals surface area contributed by atoms with E-state index in [9.17, 15) is 13.2 Å². The van der Waals surface area contributed by atoms with Gasteiger partial charge < -0.3 is 13.3 Å². The second kappa shape index (κ2) is 6.88. The molecule has 0 aromatic heterocycles. The molecule has 0 rings (SSSR count). The van der Waals surface area contributed by atoms with E-state index in [1.807, 2.05) is 0 Å². The summed E-state index contributed by atoms with van der Waals surface area (Å²) in [7, 11) is -3.45. The molecule has 1 atom stereocenters. The van der Waals surface area contributed by atoms with E-state index in [1.165, 1.54) is 0 Å². The molecule has 0 saturated heterocycles. The lowest BCUT2D eigenvalue weighted by atomic mass is 10.4. The number of hydrogen-bond acceptors (Lipinski definition) is 3. The highest BCUT2D eigenvalue weighted by Gasteiger charge is 2.51. The molecule has 0 bridgehead atoms. The largest absolute Gasteiger partial charge is 0.503 e. The molecule has 110 valence electrons. The van der Waals surface area contributed by atoms with Gasteiger partial charge in [-0.2, -0.15) is 0 Å². The Hall–Kier alpha value is -0.113. The maximum atomic E-state index is 13.7. The third-order valence-corrected chi connectivity index (χ3v) is 5.25. The van der Waals surface area contributed by atoms with Crippen molar-refractivity contribution in [3.8, 4) is 0 Å². The van der Waals surface area contributed by atoms with Crippen LogP contribution in [0.3, 0.4) is 0 Å². The fourth-order valence-electron chi connectivity index (χ4n) is 1.38. The van der Waals surface area contributed by atoms with E-state index in [0.29, 0.717) is 6.92 Å². The molecule has 3 nitrogen and oxygen atoms in total. The maximum Gasteiger partial charge on any atom is 0.503 e. The molecule has 0 saturated carbocycles. The van der Waals surface area contributed by atoms with Gasteiger partial charge >= 0.3 is 8.80 Å². The van der Waals surface area contributed by atoms with Gasteiger partial charge in [0.25, 0.3) is 12.3 Å². The van der Waals surface area contributed by atoms with Crippen molar-refractivity contribution in [2.24, 2.45) is 0 Å². The Kier molecular flexibility index (Phi) is 6.84. The molecule has 0 fully saturated rings. The molecule has 0 aromatic rings. The molecule has 0 radical (unpaired) electrons. The maximum absolute atomic E-state index is 13.7. The second-order valence-electron chi connectivity index (χ2n) is 4.76. The van der Waals surface area contributed by atoms with Gasteiger partial charge in [-0.25, -0.2) is 13.2 Å². The van der Waals surface area contributed by atoms with Crippen LogP contribution in [0.2, 0.25) is 6.04 Å². The van der Waals surface area contributed by atoms with Crippen LogP contribution in [-0.2, 0) is 13.3 Å². The minimum Gasteiger partial charge on any atom is -0.371 e. The van der Waals surface area contributed by atoms with Crippen LogP contribution in [0, 0.1) is 0 Å². The molecule has 0 aliphatic carbocycles. The number of halogens is 3. The zero-order chi connectivity index (χ0) is 14.6. The van der Waals surface area contributed by atoms with Gasteiger partial charge in [0.05, 0.1) is 0 Å². The van der Waals surface area contributed by atoms with Crippen LogP contribution in [0.1, 0.15) is 41.5 Å². The van der Waals surface area contributed by atoms with Gasteiger partial charge in [0.15, 0.2) is 0 Å². The van der Waals surface area contributed by atoms with Crippen LogP contribution in [-0.4, -0.2) is 33.3 Å². The standard InChI is InChI=1S/C11H23F3O3Si/c1-7-18(15-8(2)3,16-9(4)5)17-11(6,14)10(12)13/h8-10H,7H2,1-6H3. The normalized spacial score (nSPS) is 16.7. The fraction of sp³-hybridized carbons (Fsp3) is 1.00. The van der Waals surface area contributed by atoms with E-state index in [-0.39, 0.29) is 18.3 Å². The van der Waals surface area contributed by atoms with Gasteiger partial charge in [-0.1, -0.05) is 6.92 Å². The van der Waals surface area contributed by atoms with Crippen LogP contribution in [0.5, 0.6) is 0 Å². The minimum atomic E-state index is -3.45. The van der Waals surface area contributed by atoms with Crippen LogP contribution in [0.15, 0.2) is 0 Å². The smallest absolute Gasteiger partial charge is 0.371 e. The van der Waals surface area contributed by atoms with Gasteiger partial charge in [0.2, 0.25) is 0 Å². The first-order chi connectivity index (χ1) is 8.04.